The number of hydrogen-bond acceptors (Lipinski definition) is 3. The maximum Gasteiger partial charge on any atom is 0.305 e. The summed E-state index contributed by atoms with van der Waals surface area (Å²) in [6.45, 7) is 6.67. The summed E-state index contributed by atoms with van der Waals surface area (Å²) in [6, 6.07) is 9.09. The van der Waals surface area contributed by atoms with Crippen LogP contribution in [0.1, 0.15) is 36.3 Å². The van der Waals surface area contributed by atoms with Crippen LogP contribution in [0.3, 0.4) is 0 Å². The van der Waals surface area contributed by atoms with Crippen LogP contribution in [0.2, 0.25) is 0 Å². The lowest BCUT2D eigenvalue weighted by Crippen LogP contribution is -2.36. The summed E-state index contributed by atoms with van der Waals surface area (Å²) in [5, 5.41) is 13.2. The van der Waals surface area contributed by atoms with E-state index in [1.807, 2.05) is 45.2 Å². The Morgan fingerprint density at radius 3 is 2.38 bits per heavy atom. The first kappa shape index (κ1) is 17.7. The maximum atomic E-state index is 12.7. The van der Waals surface area contributed by atoms with Gasteiger partial charge in [-0.3, -0.25) is 9.59 Å². The monoisotopic (exact) mass is 329 g/mol. The van der Waals surface area contributed by atoms with Crippen LogP contribution in [0.15, 0.2) is 36.5 Å². The number of rotatable bonds is 7. The van der Waals surface area contributed by atoms with Crippen molar-refractivity contribution in [2.24, 2.45) is 5.92 Å². The Balaban J connectivity index is 2.14. The topological polar surface area (TPSA) is 75.4 Å². The van der Waals surface area contributed by atoms with E-state index < -0.39 is 5.97 Å². The molecule has 1 N–H and O–H groups in total. The van der Waals surface area contributed by atoms with Gasteiger partial charge < -0.3 is 10.0 Å². The molecule has 6 heteroatoms. The van der Waals surface area contributed by atoms with Gasteiger partial charge >= 0.3 is 5.97 Å². The number of carboxylic acids is 1. The standard InChI is InChI=1S/C18H23N3O3/c1-13(2)12-20(10-9-17(22)23)18(24)15-4-6-16(7-5-15)21-11-8-14(3)19-21/h4-8,11,13H,9-10,12H2,1-3H3,(H,22,23). The fraction of sp³-hybridized carbons (Fsp3) is 0.389. The normalized spacial score (nSPS) is 10.8. The number of carbonyl (C=O) groups is 2. The van der Waals surface area contributed by atoms with Gasteiger partial charge in [-0.15, -0.1) is 0 Å². The highest BCUT2D eigenvalue weighted by molar-refractivity contribution is 5.94. The van der Waals surface area contributed by atoms with E-state index in [1.165, 1.54) is 0 Å². The van der Waals surface area contributed by atoms with Crippen molar-refractivity contribution < 1.29 is 14.7 Å². The average Bonchev–Trinajstić information content (AvgIpc) is 2.97. The number of aryl methyl sites for hydroxylation is 1. The lowest BCUT2D eigenvalue weighted by Gasteiger charge is -2.24. The molecule has 2 rings (SSSR count). The summed E-state index contributed by atoms with van der Waals surface area (Å²) in [4.78, 5) is 25.1. The van der Waals surface area contributed by atoms with Crippen molar-refractivity contribution in [3.63, 3.8) is 0 Å². The molecule has 6 nitrogen and oxygen atoms in total. The van der Waals surface area contributed by atoms with E-state index in [9.17, 15) is 9.59 Å². The minimum atomic E-state index is -0.902. The van der Waals surface area contributed by atoms with Crippen molar-refractivity contribution in [3.05, 3.63) is 47.8 Å². The highest BCUT2D eigenvalue weighted by Crippen LogP contribution is 2.13. The molecule has 1 amide bonds. The van der Waals surface area contributed by atoms with Crippen molar-refractivity contribution in [1.82, 2.24) is 14.7 Å². The van der Waals surface area contributed by atoms with Gasteiger partial charge in [-0.2, -0.15) is 5.10 Å². The van der Waals surface area contributed by atoms with Crippen LogP contribution in [0, 0.1) is 12.8 Å². The van der Waals surface area contributed by atoms with E-state index in [-0.39, 0.29) is 24.8 Å². The number of carbonyl (C=O) groups excluding carboxylic acids is 1. The van der Waals surface area contributed by atoms with E-state index in [4.69, 9.17) is 5.11 Å². The van der Waals surface area contributed by atoms with Crippen LogP contribution in [0.25, 0.3) is 5.69 Å². The van der Waals surface area contributed by atoms with Crippen molar-refractivity contribution in [3.8, 4) is 5.69 Å². The summed E-state index contributed by atoms with van der Waals surface area (Å²) in [5.41, 5.74) is 2.35. The first-order valence-electron chi connectivity index (χ1n) is 8.00. The average molecular weight is 329 g/mol. The minimum absolute atomic E-state index is 0.0525. The van der Waals surface area contributed by atoms with Gasteiger partial charge in [0.2, 0.25) is 0 Å². The predicted molar refractivity (Wildman–Crippen MR) is 91.3 cm³/mol. The smallest absolute Gasteiger partial charge is 0.305 e. The van der Waals surface area contributed by atoms with Crippen LogP contribution in [-0.2, 0) is 4.79 Å². The van der Waals surface area contributed by atoms with Crippen molar-refractivity contribution >= 4 is 11.9 Å². The molecule has 0 unspecified atom stereocenters. The van der Waals surface area contributed by atoms with Gasteiger partial charge in [-0.1, -0.05) is 13.8 Å². The summed E-state index contributed by atoms with van der Waals surface area (Å²) < 4.78 is 1.75. The zero-order valence-corrected chi connectivity index (χ0v) is 14.3. The molecule has 1 aromatic heterocycles. The summed E-state index contributed by atoms with van der Waals surface area (Å²) in [6.07, 6.45) is 1.81. The number of benzene rings is 1. The highest BCUT2D eigenvalue weighted by Gasteiger charge is 2.18. The van der Waals surface area contributed by atoms with Crippen molar-refractivity contribution in [1.29, 1.82) is 0 Å². The predicted octanol–water partition coefficient (Wildman–Crippen LogP) is 2.75. The van der Waals surface area contributed by atoms with Crippen LogP contribution in [-0.4, -0.2) is 44.8 Å². The number of aliphatic carboxylic acids is 1. The van der Waals surface area contributed by atoms with Gasteiger partial charge in [0.1, 0.15) is 0 Å². The third-order valence-corrected chi connectivity index (χ3v) is 3.57. The Hall–Kier alpha value is -2.63. The van der Waals surface area contributed by atoms with E-state index in [0.717, 1.165) is 11.4 Å². The molecule has 128 valence electrons. The van der Waals surface area contributed by atoms with E-state index >= 15 is 0 Å². The second kappa shape index (κ2) is 7.77. The molecule has 0 aliphatic rings. The van der Waals surface area contributed by atoms with E-state index in [1.54, 1.807) is 21.7 Å². The summed E-state index contributed by atoms with van der Waals surface area (Å²) in [5.74, 6) is -0.775. The van der Waals surface area contributed by atoms with Gasteiger partial charge in [-0.25, -0.2) is 4.68 Å². The summed E-state index contributed by atoms with van der Waals surface area (Å²) in [7, 11) is 0. The number of aromatic nitrogens is 2. The van der Waals surface area contributed by atoms with Crippen LogP contribution in [0.4, 0.5) is 0 Å². The Kier molecular flexibility index (Phi) is 5.73. The Morgan fingerprint density at radius 2 is 1.88 bits per heavy atom. The van der Waals surface area contributed by atoms with E-state index in [0.29, 0.717) is 12.1 Å². The van der Waals surface area contributed by atoms with Gasteiger partial charge in [0, 0.05) is 24.8 Å². The fourth-order valence-electron chi connectivity index (χ4n) is 2.45. The molecule has 1 aromatic carbocycles. The second-order valence-electron chi connectivity index (χ2n) is 6.24. The van der Waals surface area contributed by atoms with Gasteiger partial charge in [0.25, 0.3) is 5.91 Å². The van der Waals surface area contributed by atoms with Gasteiger partial charge in [0.15, 0.2) is 0 Å². The largest absolute Gasteiger partial charge is 0.481 e. The zero-order chi connectivity index (χ0) is 17.7. The molecule has 2 aromatic rings. The number of hydrogen-bond donors (Lipinski definition) is 1. The molecule has 0 spiro atoms. The molecule has 0 atom stereocenters. The number of amides is 1. The first-order chi connectivity index (χ1) is 11.4. The van der Waals surface area contributed by atoms with Crippen molar-refractivity contribution in [2.45, 2.75) is 27.2 Å². The fourth-order valence-corrected chi connectivity index (χ4v) is 2.45. The molecule has 1 heterocycles. The third kappa shape index (κ3) is 4.68. The molecule has 0 radical (unpaired) electrons. The van der Waals surface area contributed by atoms with Crippen LogP contribution < -0.4 is 0 Å². The van der Waals surface area contributed by atoms with Gasteiger partial charge in [0.05, 0.1) is 17.8 Å². The van der Waals surface area contributed by atoms with E-state index in [2.05, 4.69) is 5.10 Å². The van der Waals surface area contributed by atoms with Crippen LogP contribution >= 0.6 is 0 Å². The molecule has 0 aliphatic heterocycles. The Labute approximate surface area is 141 Å². The lowest BCUT2D eigenvalue weighted by atomic mass is 10.1. The SMILES string of the molecule is Cc1ccn(-c2ccc(C(=O)N(CCC(=O)O)CC(C)C)cc2)n1. The van der Waals surface area contributed by atoms with Crippen LogP contribution in [0.5, 0.6) is 0 Å². The maximum absolute atomic E-state index is 12.7. The minimum Gasteiger partial charge on any atom is -0.481 e. The lowest BCUT2D eigenvalue weighted by molar-refractivity contribution is -0.137. The van der Waals surface area contributed by atoms with Crippen molar-refractivity contribution in [2.75, 3.05) is 13.1 Å². The third-order valence-electron chi connectivity index (χ3n) is 3.57. The second-order valence-corrected chi connectivity index (χ2v) is 6.24. The molecule has 0 bridgehead atoms. The Morgan fingerprint density at radius 1 is 1.21 bits per heavy atom. The molecular formula is C18H23N3O3. The molecule has 0 aliphatic carbocycles. The highest BCUT2D eigenvalue weighted by atomic mass is 16.4. The molecule has 0 saturated carbocycles. The zero-order valence-electron chi connectivity index (χ0n) is 14.3. The molecule has 0 saturated heterocycles. The molecule has 0 fully saturated rings. The molecular weight excluding hydrogens is 306 g/mol. The first-order valence-corrected chi connectivity index (χ1v) is 8.00. The number of nitrogens with zero attached hydrogens (tertiary/aromatic N) is 3. The van der Waals surface area contributed by atoms with Gasteiger partial charge in [-0.05, 0) is 43.2 Å². The number of carboxylic acid groups (broad SMARTS) is 1. The molecule has 24 heavy (non-hydrogen) atoms. The Bertz CT molecular complexity index is 705. The quantitative estimate of drug-likeness (QED) is 0.847. The summed E-state index contributed by atoms with van der Waals surface area (Å²) >= 11 is 0.